The predicted octanol–water partition coefficient (Wildman–Crippen LogP) is 2.60. The van der Waals surface area contributed by atoms with Crippen LogP contribution in [0.15, 0.2) is 18.2 Å². The quantitative estimate of drug-likeness (QED) is 0.740. The Kier molecular flexibility index (Phi) is 3.61. The van der Waals surface area contributed by atoms with E-state index < -0.39 is 5.97 Å². The molecule has 4 heteroatoms. The van der Waals surface area contributed by atoms with Gasteiger partial charge in [-0.05, 0) is 37.5 Å². The number of rotatable bonds is 2. The van der Waals surface area contributed by atoms with Crippen LogP contribution in [-0.4, -0.2) is 26.2 Å². The number of anilines is 1. The maximum absolute atomic E-state index is 13.9. The van der Waals surface area contributed by atoms with Crippen molar-refractivity contribution in [2.45, 2.75) is 19.3 Å². The zero-order valence-electron chi connectivity index (χ0n) is 9.91. The second-order valence-electron chi connectivity index (χ2n) is 4.21. The van der Waals surface area contributed by atoms with E-state index in [1.807, 2.05) is 4.90 Å². The van der Waals surface area contributed by atoms with Crippen LogP contribution in [0, 0.1) is 5.82 Å². The summed E-state index contributed by atoms with van der Waals surface area (Å²) in [5.41, 5.74) is 0.836. The van der Waals surface area contributed by atoms with Crippen LogP contribution >= 0.6 is 0 Å². The summed E-state index contributed by atoms with van der Waals surface area (Å²) in [6.07, 6.45) is 3.40. The summed E-state index contributed by atoms with van der Waals surface area (Å²) < 4.78 is 18.4. The molecule has 1 aromatic carbocycles. The fourth-order valence-electron chi connectivity index (χ4n) is 2.14. The fraction of sp³-hybridized carbons (Fsp3) is 0.462. The molecular formula is C13H16FNO2. The van der Waals surface area contributed by atoms with Gasteiger partial charge in [-0.3, -0.25) is 0 Å². The molecule has 1 saturated heterocycles. The highest BCUT2D eigenvalue weighted by Gasteiger charge is 2.16. The molecule has 0 saturated carbocycles. The van der Waals surface area contributed by atoms with Crippen molar-refractivity contribution in [2.75, 3.05) is 25.1 Å². The summed E-state index contributed by atoms with van der Waals surface area (Å²) in [5.74, 6) is -0.858. The number of carbonyl (C=O) groups is 1. The van der Waals surface area contributed by atoms with Gasteiger partial charge in [0.1, 0.15) is 5.82 Å². The van der Waals surface area contributed by atoms with Gasteiger partial charge in [0.2, 0.25) is 0 Å². The van der Waals surface area contributed by atoms with Crippen LogP contribution in [0.4, 0.5) is 10.1 Å². The van der Waals surface area contributed by atoms with Gasteiger partial charge in [-0.2, -0.15) is 0 Å². The van der Waals surface area contributed by atoms with Crippen molar-refractivity contribution in [2.24, 2.45) is 0 Å². The lowest BCUT2D eigenvalue weighted by Crippen LogP contribution is -2.30. The van der Waals surface area contributed by atoms with Gasteiger partial charge in [-0.15, -0.1) is 0 Å². The molecule has 0 aliphatic carbocycles. The largest absolute Gasteiger partial charge is 0.465 e. The van der Waals surface area contributed by atoms with Crippen LogP contribution in [0.2, 0.25) is 0 Å². The first-order chi connectivity index (χ1) is 8.22. The zero-order chi connectivity index (χ0) is 12.3. The maximum atomic E-state index is 13.9. The van der Waals surface area contributed by atoms with Crippen molar-refractivity contribution in [3.63, 3.8) is 0 Å². The summed E-state index contributed by atoms with van der Waals surface area (Å²) in [7, 11) is 1.29. The molecule has 0 N–H and O–H groups in total. The number of esters is 1. The van der Waals surface area contributed by atoms with Crippen LogP contribution in [0.25, 0.3) is 0 Å². The van der Waals surface area contributed by atoms with Crippen molar-refractivity contribution in [1.82, 2.24) is 0 Å². The van der Waals surface area contributed by atoms with Crippen molar-refractivity contribution >= 4 is 11.7 Å². The SMILES string of the molecule is COC(=O)c1ccc(N2CCCCC2)c(F)c1. The van der Waals surface area contributed by atoms with E-state index in [1.165, 1.54) is 19.6 Å². The number of nitrogens with zero attached hydrogens (tertiary/aromatic N) is 1. The van der Waals surface area contributed by atoms with Gasteiger partial charge in [-0.1, -0.05) is 0 Å². The average molecular weight is 237 g/mol. The molecule has 0 aromatic heterocycles. The Morgan fingerprint density at radius 2 is 2.00 bits per heavy atom. The molecule has 17 heavy (non-hydrogen) atoms. The Bertz CT molecular complexity index is 414. The molecule has 1 aromatic rings. The van der Waals surface area contributed by atoms with E-state index in [1.54, 1.807) is 12.1 Å². The monoisotopic (exact) mass is 237 g/mol. The molecule has 0 atom stereocenters. The minimum Gasteiger partial charge on any atom is -0.465 e. The second-order valence-corrected chi connectivity index (χ2v) is 4.21. The molecule has 1 heterocycles. The predicted molar refractivity (Wildman–Crippen MR) is 63.8 cm³/mol. The van der Waals surface area contributed by atoms with E-state index in [-0.39, 0.29) is 11.4 Å². The minimum atomic E-state index is -0.505. The average Bonchev–Trinajstić information content (AvgIpc) is 2.38. The summed E-state index contributed by atoms with van der Waals surface area (Å²) in [6.45, 7) is 1.77. The Labute approximate surface area is 100 Å². The molecule has 2 rings (SSSR count). The Morgan fingerprint density at radius 3 is 2.59 bits per heavy atom. The van der Waals surface area contributed by atoms with Gasteiger partial charge >= 0.3 is 5.97 Å². The van der Waals surface area contributed by atoms with Gasteiger partial charge in [0.25, 0.3) is 0 Å². The van der Waals surface area contributed by atoms with Gasteiger partial charge in [0.05, 0.1) is 18.4 Å². The highest BCUT2D eigenvalue weighted by atomic mass is 19.1. The van der Waals surface area contributed by atoms with Crippen LogP contribution in [-0.2, 0) is 4.74 Å². The van der Waals surface area contributed by atoms with Gasteiger partial charge in [0.15, 0.2) is 0 Å². The summed E-state index contributed by atoms with van der Waals surface area (Å²) in [4.78, 5) is 13.3. The van der Waals surface area contributed by atoms with Crippen molar-refractivity contribution < 1.29 is 13.9 Å². The van der Waals surface area contributed by atoms with Crippen molar-refractivity contribution in [1.29, 1.82) is 0 Å². The molecule has 1 aliphatic rings. The topological polar surface area (TPSA) is 29.5 Å². The van der Waals surface area contributed by atoms with E-state index in [4.69, 9.17) is 0 Å². The van der Waals surface area contributed by atoms with E-state index in [2.05, 4.69) is 4.74 Å². The Hall–Kier alpha value is -1.58. The number of halogens is 1. The lowest BCUT2D eigenvalue weighted by atomic mass is 10.1. The Morgan fingerprint density at radius 1 is 1.29 bits per heavy atom. The first-order valence-electron chi connectivity index (χ1n) is 5.85. The van der Waals surface area contributed by atoms with Gasteiger partial charge < -0.3 is 9.64 Å². The maximum Gasteiger partial charge on any atom is 0.337 e. The number of methoxy groups -OCH3 is 1. The fourth-order valence-corrected chi connectivity index (χ4v) is 2.14. The molecule has 3 nitrogen and oxygen atoms in total. The zero-order valence-corrected chi connectivity index (χ0v) is 9.91. The van der Waals surface area contributed by atoms with Gasteiger partial charge in [0, 0.05) is 13.1 Å². The third kappa shape index (κ3) is 2.57. The van der Waals surface area contributed by atoms with E-state index >= 15 is 0 Å². The van der Waals surface area contributed by atoms with Crippen molar-refractivity contribution in [3.05, 3.63) is 29.6 Å². The molecule has 0 spiro atoms. The normalized spacial score (nSPS) is 15.8. The second kappa shape index (κ2) is 5.17. The highest BCUT2D eigenvalue weighted by molar-refractivity contribution is 5.89. The number of hydrogen-bond donors (Lipinski definition) is 0. The molecule has 92 valence electrons. The van der Waals surface area contributed by atoms with E-state index in [0.29, 0.717) is 5.69 Å². The number of piperidine rings is 1. The number of hydrogen-bond acceptors (Lipinski definition) is 3. The standard InChI is InChI=1S/C13H16FNO2/c1-17-13(16)10-5-6-12(11(14)9-10)15-7-3-2-4-8-15/h5-6,9H,2-4,7-8H2,1H3. The molecule has 0 amide bonds. The number of ether oxygens (including phenoxy) is 1. The smallest absolute Gasteiger partial charge is 0.337 e. The van der Waals surface area contributed by atoms with Crippen LogP contribution in [0.5, 0.6) is 0 Å². The lowest BCUT2D eigenvalue weighted by molar-refractivity contribution is 0.0600. The molecule has 0 bridgehead atoms. The summed E-state index contributed by atoms with van der Waals surface area (Å²) in [6, 6.07) is 4.52. The third-order valence-electron chi connectivity index (χ3n) is 3.07. The Balaban J connectivity index is 2.21. The van der Waals surface area contributed by atoms with Crippen LogP contribution in [0.1, 0.15) is 29.6 Å². The van der Waals surface area contributed by atoms with Crippen LogP contribution in [0.3, 0.4) is 0 Å². The first-order valence-corrected chi connectivity index (χ1v) is 5.85. The first kappa shape index (κ1) is 11.9. The molecular weight excluding hydrogens is 221 g/mol. The molecule has 0 unspecified atom stereocenters. The number of benzene rings is 1. The van der Waals surface area contributed by atoms with E-state index in [9.17, 15) is 9.18 Å². The molecule has 1 aliphatic heterocycles. The van der Waals surface area contributed by atoms with E-state index in [0.717, 1.165) is 25.9 Å². The molecule has 0 radical (unpaired) electrons. The minimum absolute atomic E-state index is 0.255. The third-order valence-corrected chi connectivity index (χ3v) is 3.07. The lowest BCUT2D eigenvalue weighted by Gasteiger charge is -2.29. The highest BCUT2D eigenvalue weighted by Crippen LogP contribution is 2.24. The van der Waals surface area contributed by atoms with Gasteiger partial charge in [-0.25, -0.2) is 9.18 Å². The van der Waals surface area contributed by atoms with Crippen molar-refractivity contribution in [3.8, 4) is 0 Å². The molecule has 1 fully saturated rings. The van der Waals surface area contributed by atoms with Crippen LogP contribution < -0.4 is 4.90 Å². The number of carbonyl (C=O) groups excluding carboxylic acids is 1. The summed E-state index contributed by atoms with van der Waals surface area (Å²) in [5, 5.41) is 0. The summed E-state index contributed by atoms with van der Waals surface area (Å²) >= 11 is 0.